The largest absolute Gasteiger partial charge is 0.478 e. The van der Waals surface area contributed by atoms with Gasteiger partial charge in [-0.2, -0.15) is 0 Å². The molecule has 0 aliphatic carbocycles. The van der Waals surface area contributed by atoms with Crippen molar-refractivity contribution in [1.29, 1.82) is 0 Å². The van der Waals surface area contributed by atoms with E-state index in [0.717, 1.165) is 37.1 Å². The minimum Gasteiger partial charge on any atom is -0.478 e. The van der Waals surface area contributed by atoms with Gasteiger partial charge in [-0.05, 0) is 74.2 Å². The number of epoxide rings is 4. The highest BCUT2D eigenvalue weighted by molar-refractivity contribution is 5.88. The number of hydrogen-bond donors (Lipinski definition) is 4. The molecular formula is C29H34N2O8. The number of carbonyl (C=O) groups is 2. The number of hydrogen-bond acceptors (Lipinski definition) is 8. The van der Waals surface area contributed by atoms with Crippen LogP contribution in [0.4, 0.5) is 11.4 Å². The van der Waals surface area contributed by atoms with Crippen molar-refractivity contribution < 1.29 is 38.7 Å². The van der Waals surface area contributed by atoms with E-state index < -0.39 is 17.5 Å². The lowest BCUT2D eigenvalue weighted by atomic mass is 9.59. The Bertz CT molecular complexity index is 1160. The first-order chi connectivity index (χ1) is 18.8. The Labute approximate surface area is 226 Å². The summed E-state index contributed by atoms with van der Waals surface area (Å²) in [5.74, 6) is -1.92. The monoisotopic (exact) mass is 538 g/mol. The van der Waals surface area contributed by atoms with Crippen LogP contribution in [0.15, 0.2) is 48.5 Å². The number of aromatic carboxylic acids is 2. The molecule has 10 nitrogen and oxygen atoms in total. The van der Waals surface area contributed by atoms with Crippen LogP contribution in [0.5, 0.6) is 0 Å². The van der Waals surface area contributed by atoms with Crippen LogP contribution in [-0.2, 0) is 18.9 Å². The molecule has 0 radical (unpaired) electrons. The summed E-state index contributed by atoms with van der Waals surface area (Å²) >= 11 is 0. The number of carboxylic acid groups (broad SMARTS) is 2. The highest BCUT2D eigenvalue weighted by atomic mass is 16.6. The Balaban J connectivity index is 1.37. The van der Waals surface area contributed by atoms with Crippen LogP contribution >= 0.6 is 0 Å². The van der Waals surface area contributed by atoms with Crippen LogP contribution in [-0.4, -0.2) is 85.1 Å². The van der Waals surface area contributed by atoms with E-state index in [9.17, 15) is 19.8 Å². The highest BCUT2D eigenvalue weighted by Crippen LogP contribution is 2.53. The lowest BCUT2D eigenvalue weighted by Gasteiger charge is -2.52. The highest BCUT2D eigenvalue weighted by Gasteiger charge is 2.59. The maximum Gasteiger partial charge on any atom is 0.335 e. The maximum atomic E-state index is 11.5. The minimum absolute atomic E-state index is 0.115. The smallest absolute Gasteiger partial charge is 0.335 e. The molecule has 208 valence electrons. The van der Waals surface area contributed by atoms with Crippen molar-refractivity contribution in [3.63, 3.8) is 0 Å². The van der Waals surface area contributed by atoms with E-state index in [0.29, 0.717) is 33.0 Å². The van der Waals surface area contributed by atoms with Gasteiger partial charge in [-0.3, -0.25) is 0 Å². The van der Waals surface area contributed by atoms with Gasteiger partial charge in [-0.1, -0.05) is 0 Å². The number of rotatable bonds is 16. The Morgan fingerprint density at radius 3 is 1.44 bits per heavy atom. The number of benzene rings is 2. The van der Waals surface area contributed by atoms with E-state index >= 15 is 0 Å². The molecule has 2 aromatic carbocycles. The molecule has 0 aromatic heterocycles. The minimum atomic E-state index is -0.963. The lowest BCUT2D eigenvalue weighted by molar-refractivity contribution is 0.0686. The Hall–Kier alpha value is -3.18. The molecule has 4 N–H and O–H groups in total. The molecule has 10 heteroatoms. The molecule has 4 unspecified atom stereocenters. The topological polar surface area (TPSA) is 149 Å². The number of carboxylic acids is 2. The van der Waals surface area contributed by atoms with E-state index in [-0.39, 0.29) is 41.0 Å². The first-order valence-corrected chi connectivity index (χ1v) is 13.5. The van der Waals surface area contributed by atoms with Crippen molar-refractivity contribution in [3.05, 3.63) is 59.7 Å². The summed E-state index contributed by atoms with van der Waals surface area (Å²) in [6.07, 6.45) is 3.61. The summed E-state index contributed by atoms with van der Waals surface area (Å²) in [5, 5.41) is 26.2. The quantitative estimate of drug-likeness (QED) is 0.234. The molecule has 0 bridgehead atoms. The molecule has 0 saturated carbocycles. The van der Waals surface area contributed by atoms with Crippen molar-refractivity contribution >= 4 is 23.3 Å². The van der Waals surface area contributed by atoms with E-state index in [1.165, 1.54) is 0 Å². The van der Waals surface area contributed by atoms with Crippen LogP contribution in [0.2, 0.25) is 0 Å². The van der Waals surface area contributed by atoms with Gasteiger partial charge < -0.3 is 39.8 Å². The Morgan fingerprint density at radius 2 is 1.05 bits per heavy atom. The molecule has 0 spiro atoms. The maximum absolute atomic E-state index is 11.5. The third kappa shape index (κ3) is 6.36. The van der Waals surface area contributed by atoms with Gasteiger partial charge in [-0.15, -0.1) is 0 Å². The van der Waals surface area contributed by atoms with Crippen molar-refractivity contribution in [2.75, 3.05) is 43.6 Å². The van der Waals surface area contributed by atoms with E-state index in [1.54, 1.807) is 36.4 Å². The normalized spacial score (nSPS) is 27.5. The zero-order valence-electron chi connectivity index (χ0n) is 21.6. The van der Waals surface area contributed by atoms with Gasteiger partial charge in [0, 0.05) is 28.9 Å². The predicted molar refractivity (Wildman–Crippen MR) is 142 cm³/mol. The lowest BCUT2D eigenvalue weighted by Crippen LogP contribution is -2.60. The van der Waals surface area contributed by atoms with Gasteiger partial charge in [0.15, 0.2) is 0 Å². The molecule has 4 aliphatic heterocycles. The molecule has 4 aliphatic rings. The Kier molecular flexibility index (Phi) is 6.96. The molecule has 2 aromatic rings. The zero-order valence-corrected chi connectivity index (χ0v) is 21.6. The van der Waals surface area contributed by atoms with Gasteiger partial charge in [0.25, 0.3) is 0 Å². The number of anilines is 2. The zero-order chi connectivity index (χ0) is 27.0. The molecule has 39 heavy (non-hydrogen) atoms. The SMILES string of the molecule is O=C(O)c1ccc(NCC(CC2CO2)(CC2CO2)C(CC2CO2)(CC2CO2)Nc2ccc(C(=O)O)cc2)cc1. The fraction of sp³-hybridized carbons (Fsp3) is 0.517. The van der Waals surface area contributed by atoms with E-state index in [1.807, 2.05) is 12.1 Å². The first-order valence-electron chi connectivity index (χ1n) is 13.5. The van der Waals surface area contributed by atoms with Crippen molar-refractivity contribution in [1.82, 2.24) is 0 Å². The van der Waals surface area contributed by atoms with Crippen molar-refractivity contribution in [2.24, 2.45) is 5.41 Å². The third-order valence-corrected chi connectivity index (χ3v) is 8.29. The van der Waals surface area contributed by atoms with Crippen LogP contribution < -0.4 is 10.6 Å². The summed E-state index contributed by atoms with van der Waals surface area (Å²) in [6, 6.07) is 13.7. The molecule has 6 rings (SSSR count). The fourth-order valence-corrected chi connectivity index (χ4v) is 5.91. The second-order valence-corrected chi connectivity index (χ2v) is 11.2. The molecule has 0 amide bonds. The molecule has 4 heterocycles. The predicted octanol–water partition coefficient (Wildman–Crippen LogP) is 3.49. The summed E-state index contributed by atoms with van der Waals surface area (Å²) in [6.45, 7) is 3.42. The second-order valence-electron chi connectivity index (χ2n) is 11.2. The van der Waals surface area contributed by atoms with Crippen molar-refractivity contribution in [2.45, 2.75) is 55.6 Å². The summed E-state index contributed by atoms with van der Waals surface area (Å²) < 4.78 is 23.2. The second kappa shape index (κ2) is 10.4. The van der Waals surface area contributed by atoms with Crippen LogP contribution in [0.25, 0.3) is 0 Å². The Morgan fingerprint density at radius 1 is 0.667 bits per heavy atom. The molecule has 4 fully saturated rings. The third-order valence-electron chi connectivity index (χ3n) is 8.29. The van der Waals surface area contributed by atoms with Crippen LogP contribution in [0, 0.1) is 5.41 Å². The number of ether oxygens (including phenoxy) is 4. The summed E-state index contributed by atoms with van der Waals surface area (Å²) in [5.41, 5.74) is 1.31. The van der Waals surface area contributed by atoms with Crippen LogP contribution in [0.1, 0.15) is 46.4 Å². The average Bonchev–Trinajstić information content (AvgIpc) is 3.74. The summed E-state index contributed by atoms with van der Waals surface area (Å²) in [7, 11) is 0. The average molecular weight is 539 g/mol. The van der Waals surface area contributed by atoms with Gasteiger partial charge in [0.05, 0.1) is 62.0 Å². The van der Waals surface area contributed by atoms with E-state index in [4.69, 9.17) is 18.9 Å². The van der Waals surface area contributed by atoms with Gasteiger partial charge >= 0.3 is 11.9 Å². The molecule has 4 atom stereocenters. The number of nitrogens with one attached hydrogen (secondary N) is 2. The van der Waals surface area contributed by atoms with Gasteiger partial charge in [0.2, 0.25) is 0 Å². The molecular weight excluding hydrogens is 504 g/mol. The standard InChI is InChI=1S/C29H34N2O8/c32-26(33)18-1-5-20(6-2-18)30-17-28(9-22-13-36-22,10-23-14-37-23)29(11-24-15-38-24,12-25-16-39-25)31-21-7-3-19(4-8-21)27(34)35/h1-8,22-25,30-31H,9-17H2,(H,32,33)(H,34,35). The van der Waals surface area contributed by atoms with Crippen LogP contribution in [0.3, 0.4) is 0 Å². The molecule has 4 saturated heterocycles. The van der Waals surface area contributed by atoms with Gasteiger partial charge in [0.1, 0.15) is 0 Å². The van der Waals surface area contributed by atoms with Gasteiger partial charge in [-0.25, -0.2) is 9.59 Å². The van der Waals surface area contributed by atoms with E-state index in [2.05, 4.69) is 10.6 Å². The van der Waals surface area contributed by atoms with Crippen molar-refractivity contribution in [3.8, 4) is 0 Å². The first kappa shape index (κ1) is 26.1. The fourth-order valence-electron chi connectivity index (χ4n) is 5.91. The summed E-state index contributed by atoms with van der Waals surface area (Å²) in [4.78, 5) is 22.8.